The fraction of sp³-hybridized carbons (Fsp3) is 0.571. The molecule has 0 aromatic rings. The first kappa shape index (κ1) is 13.0. The van der Waals surface area contributed by atoms with Crippen LogP contribution in [0.25, 0.3) is 0 Å². The molecule has 1 fully saturated rings. The van der Waals surface area contributed by atoms with Crippen molar-refractivity contribution < 1.29 is 38.8 Å². The molecule has 0 amide bonds. The Balaban J connectivity index is 0.000000322. The summed E-state index contributed by atoms with van der Waals surface area (Å²) in [6.45, 7) is 0.0854. The highest BCUT2D eigenvalue weighted by molar-refractivity contribution is 5.73. The minimum Gasteiger partial charge on any atom is -0.465 e. The summed E-state index contributed by atoms with van der Waals surface area (Å²) in [4.78, 5) is 28.9. The predicted molar refractivity (Wildman–Crippen MR) is 43.5 cm³/mol. The van der Waals surface area contributed by atoms with Gasteiger partial charge in [0.05, 0.1) is 6.42 Å². The molecule has 8 heteroatoms. The number of ether oxygens (including phenoxy) is 3. The predicted octanol–water partition coefficient (Wildman–Crippen LogP) is 0.309. The van der Waals surface area contributed by atoms with Crippen LogP contribution in [0.3, 0.4) is 0 Å². The van der Waals surface area contributed by atoms with Crippen molar-refractivity contribution in [1.29, 1.82) is 0 Å². The highest BCUT2D eigenvalue weighted by atomic mass is 16.7. The van der Waals surface area contributed by atoms with Crippen LogP contribution in [0.15, 0.2) is 0 Å². The molecule has 8 nitrogen and oxygen atoms in total. The minimum atomic E-state index is -1.45. The Labute approximate surface area is 84.3 Å². The number of hydrogen-bond donors (Lipinski definition) is 2. The van der Waals surface area contributed by atoms with Crippen LogP contribution < -0.4 is 0 Å². The summed E-state index contributed by atoms with van der Waals surface area (Å²) < 4.78 is 12.1. The van der Waals surface area contributed by atoms with Gasteiger partial charge >= 0.3 is 18.3 Å². The number of rotatable bonds is 3. The van der Waals surface area contributed by atoms with E-state index in [9.17, 15) is 14.4 Å². The lowest BCUT2D eigenvalue weighted by atomic mass is 10.4. The highest BCUT2D eigenvalue weighted by Gasteiger charge is 2.10. The Bertz CT molecular complexity index is 213. The van der Waals surface area contributed by atoms with E-state index in [1.807, 2.05) is 0 Å². The van der Waals surface area contributed by atoms with Crippen molar-refractivity contribution in [3.8, 4) is 0 Å². The maximum atomic E-state index is 9.68. The van der Waals surface area contributed by atoms with Gasteiger partial charge in [-0.2, -0.15) is 0 Å². The van der Waals surface area contributed by atoms with E-state index in [2.05, 4.69) is 14.2 Å². The normalized spacial score (nSPS) is 12.4. The number of esters is 1. The van der Waals surface area contributed by atoms with Crippen molar-refractivity contribution >= 4 is 18.3 Å². The highest BCUT2D eigenvalue weighted by Crippen LogP contribution is 1.97. The van der Waals surface area contributed by atoms with E-state index < -0.39 is 12.3 Å². The number of hydrogen-bond acceptors (Lipinski definition) is 6. The fourth-order valence-electron chi connectivity index (χ4n) is 0.443. The van der Waals surface area contributed by atoms with Gasteiger partial charge < -0.3 is 24.4 Å². The largest absolute Gasteiger partial charge is 0.505 e. The van der Waals surface area contributed by atoms with Crippen LogP contribution in [0.4, 0.5) is 9.59 Å². The summed E-state index contributed by atoms with van der Waals surface area (Å²) >= 11 is 0. The van der Waals surface area contributed by atoms with Crippen molar-refractivity contribution in [3.05, 3.63) is 0 Å². The third-order valence-electron chi connectivity index (χ3n) is 1.10. The fourth-order valence-corrected chi connectivity index (χ4v) is 0.443. The molecule has 2 N–H and O–H groups in total. The second kappa shape index (κ2) is 7.42. The molecule has 0 unspecified atom stereocenters. The SMILES string of the molecule is O=C(O)OCCOC(=O)O.O=C1CCO1. The van der Waals surface area contributed by atoms with Crippen LogP contribution in [-0.2, 0) is 19.0 Å². The molecule has 1 aliphatic rings. The standard InChI is InChI=1S/C4H6O6.C3H4O2/c5-3(6)9-1-2-10-4(7)8;4-3-1-2-5-3/h1-2H2,(H,5,6)(H,7,8);1-2H2. The van der Waals surface area contributed by atoms with E-state index in [0.717, 1.165) is 0 Å². The van der Waals surface area contributed by atoms with Crippen LogP contribution in [0.2, 0.25) is 0 Å². The number of cyclic esters (lactones) is 1. The zero-order chi connectivity index (χ0) is 11.7. The van der Waals surface area contributed by atoms with Crippen LogP contribution in [0.1, 0.15) is 6.42 Å². The monoisotopic (exact) mass is 222 g/mol. The van der Waals surface area contributed by atoms with Crippen molar-refractivity contribution in [3.63, 3.8) is 0 Å². The number of carboxylic acid groups (broad SMARTS) is 2. The quantitative estimate of drug-likeness (QED) is 0.397. The number of carbonyl (C=O) groups excluding carboxylic acids is 1. The van der Waals surface area contributed by atoms with Crippen LogP contribution in [0.5, 0.6) is 0 Å². The second-order valence-corrected chi connectivity index (χ2v) is 2.20. The van der Waals surface area contributed by atoms with Gasteiger partial charge in [0.1, 0.15) is 19.8 Å². The third-order valence-corrected chi connectivity index (χ3v) is 1.10. The molecule has 86 valence electrons. The van der Waals surface area contributed by atoms with Crippen molar-refractivity contribution in [2.45, 2.75) is 6.42 Å². The number of carbonyl (C=O) groups is 3. The summed E-state index contributed by atoms with van der Waals surface area (Å²) in [5, 5.41) is 15.7. The van der Waals surface area contributed by atoms with Gasteiger partial charge in [0.25, 0.3) is 0 Å². The van der Waals surface area contributed by atoms with Gasteiger partial charge in [-0.15, -0.1) is 0 Å². The Morgan fingerprint density at radius 3 is 1.67 bits per heavy atom. The summed E-state index contributed by atoms with van der Waals surface area (Å²) in [5.41, 5.74) is 0. The average molecular weight is 222 g/mol. The van der Waals surface area contributed by atoms with Gasteiger partial charge in [0.15, 0.2) is 0 Å². The molecule has 1 heterocycles. The third kappa shape index (κ3) is 9.93. The van der Waals surface area contributed by atoms with Crippen molar-refractivity contribution in [2.75, 3.05) is 19.8 Å². The molecule has 1 rings (SSSR count). The van der Waals surface area contributed by atoms with Crippen LogP contribution in [0, 0.1) is 0 Å². The van der Waals surface area contributed by atoms with E-state index >= 15 is 0 Å². The summed E-state index contributed by atoms with van der Waals surface area (Å²) in [5.74, 6) is -0.0648. The lowest BCUT2D eigenvalue weighted by molar-refractivity contribution is -0.157. The topological polar surface area (TPSA) is 119 Å². The molecule has 15 heavy (non-hydrogen) atoms. The van der Waals surface area contributed by atoms with Crippen molar-refractivity contribution in [1.82, 2.24) is 0 Å². The molecule has 1 aliphatic heterocycles. The molecule has 0 aliphatic carbocycles. The molecule has 1 saturated heterocycles. The summed E-state index contributed by atoms with van der Waals surface area (Å²) in [7, 11) is 0. The molecular weight excluding hydrogens is 212 g/mol. The smallest absolute Gasteiger partial charge is 0.465 e. The lowest BCUT2D eigenvalue weighted by Crippen LogP contribution is -2.18. The van der Waals surface area contributed by atoms with E-state index in [1.165, 1.54) is 0 Å². The first-order valence-corrected chi connectivity index (χ1v) is 3.89. The maximum absolute atomic E-state index is 9.68. The van der Waals surface area contributed by atoms with Crippen LogP contribution >= 0.6 is 0 Å². The van der Waals surface area contributed by atoms with E-state index in [-0.39, 0.29) is 19.2 Å². The Hall–Kier alpha value is -1.99. The molecule has 0 atom stereocenters. The van der Waals surface area contributed by atoms with Gasteiger partial charge in [-0.1, -0.05) is 0 Å². The zero-order valence-electron chi connectivity index (χ0n) is 7.67. The molecule has 0 aromatic heterocycles. The van der Waals surface area contributed by atoms with Crippen molar-refractivity contribution in [2.24, 2.45) is 0 Å². The van der Waals surface area contributed by atoms with Gasteiger partial charge in [-0.3, -0.25) is 4.79 Å². The van der Waals surface area contributed by atoms with Gasteiger partial charge in [0, 0.05) is 0 Å². The molecule has 0 saturated carbocycles. The Kier molecular flexibility index (Phi) is 6.43. The minimum absolute atomic E-state index is 0.0648. The Morgan fingerprint density at radius 2 is 1.53 bits per heavy atom. The maximum Gasteiger partial charge on any atom is 0.505 e. The first-order valence-electron chi connectivity index (χ1n) is 3.89. The molecule has 0 aromatic carbocycles. The second-order valence-electron chi connectivity index (χ2n) is 2.20. The van der Waals surface area contributed by atoms with E-state index in [1.54, 1.807) is 0 Å². The molecular formula is C7H10O8. The van der Waals surface area contributed by atoms with Gasteiger partial charge in [-0.05, 0) is 0 Å². The molecule has 0 bridgehead atoms. The Morgan fingerprint density at radius 1 is 1.20 bits per heavy atom. The first-order chi connectivity index (χ1) is 7.02. The zero-order valence-corrected chi connectivity index (χ0v) is 7.67. The van der Waals surface area contributed by atoms with Crippen LogP contribution in [-0.4, -0.2) is 48.3 Å². The van der Waals surface area contributed by atoms with Gasteiger partial charge in [0.2, 0.25) is 0 Å². The molecule has 0 radical (unpaired) electrons. The lowest BCUT2D eigenvalue weighted by Gasteiger charge is -2.09. The summed E-state index contributed by atoms with van der Waals surface area (Å²) in [6, 6.07) is 0. The van der Waals surface area contributed by atoms with E-state index in [4.69, 9.17) is 10.2 Å². The van der Waals surface area contributed by atoms with E-state index in [0.29, 0.717) is 13.0 Å². The summed E-state index contributed by atoms with van der Waals surface area (Å²) in [6.07, 6.45) is -2.28. The average Bonchev–Trinajstić information content (AvgIpc) is 2.10. The molecule has 0 spiro atoms. The van der Waals surface area contributed by atoms with Gasteiger partial charge in [-0.25, -0.2) is 9.59 Å².